The molecule has 0 amide bonds. The number of benzene rings is 2. The highest BCUT2D eigenvalue weighted by molar-refractivity contribution is 6.10. The first-order valence-corrected chi connectivity index (χ1v) is 7.12. The summed E-state index contributed by atoms with van der Waals surface area (Å²) in [4.78, 5) is 24.0. The Kier molecular flexibility index (Phi) is 5.14. The second-order valence-corrected chi connectivity index (χ2v) is 5.27. The van der Waals surface area contributed by atoms with Crippen LogP contribution in [-0.4, -0.2) is 50.5 Å². The van der Waals surface area contributed by atoms with E-state index in [0.29, 0.717) is 0 Å². The summed E-state index contributed by atoms with van der Waals surface area (Å²) in [6.45, 7) is 0. The van der Waals surface area contributed by atoms with Crippen LogP contribution >= 0.6 is 0 Å². The molecule has 0 heterocycles. The number of phenols is 4. The highest BCUT2D eigenvalue weighted by atomic mass is 16.5. The van der Waals surface area contributed by atoms with Gasteiger partial charge in [-0.3, -0.25) is 4.79 Å². The summed E-state index contributed by atoms with van der Waals surface area (Å²) in [5.41, 5.74) is -0.0108. The molecule has 0 fully saturated rings. The number of methoxy groups -OCH3 is 1. The predicted molar refractivity (Wildman–Crippen MR) is 84.7 cm³/mol. The molecule has 0 aliphatic carbocycles. The summed E-state index contributed by atoms with van der Waals surface area (Å²) >= 11 is 0. The van der Waals surface area contributed by atoms with Gasteiger partial charge in [0.05, 0.1) is 7.11 Å². The van der Waals surface area contributed by atoms with Gasteiger partial charge in [0, 0.05) is 17.5 Å². The zero-order chi connectivity index (χ0) is 18.7. The molecule has 0 saturated heterocycles. The number of aliphatic hydroxyl groups excluding tert-OH is 1. The van der Waals surface area contributed by atoms with E-state index in [9.17, 15) is 35.1 Å². The molecule has 2 rings (SSSR count). The highest BCUT2D eigenvalue weighted by Crippen LogP contribution is 2.32. The SMILES string of the molecule is COC(=O)C(O)Cc1cc(O)c(O)cc1C(=O)c1ccc(O)c(O)c1. The van der Waals surface area contributed by atoms with Crippen LogP contribution in [0, 0.1) is 0 Å². The number of carbonyl (C=O) groups is 2. The van der Waals surface area contributed by atoms with Gasteiger partial charge in [0.25, 0.3) is 0 Å². The number of ketones is 1. The Balaban J connectivity index is 2.47. The summed E-state index contributed by atoms with van der Waals surface area (Å²) < 4.78 is 4.41. The van der Waals surface area contributed by atoms with Crippen LogP contribution in [0.2, 0.25) is 0 Å². The summed E-state index contributed by atoms with van der Waals surface area (Å²) in [5, 5.41) is 47.9. The third-order valence-electron chi connectivity index (χ3n) is 3.57. The Labute approximate surface area is 142 Å². The maximum atomic E-state index is 12.6. The van der Waals surface area contributed by atoms with Crippen LogP contribution in [0.3, 0.4) is 0 Å². The Hall–Kier alpha value is -3.26. The number of aromatic hydroxyl groups is 4. The van der Waals surface area contributed by atoms with Gasteiger partial charge in [0.2, 0.25) is 0 Å². The van der Waals surface area contributed by atoms with E-state index < -0.39 is 40.9 Å². The molecule has 0 spiro atoms. The third-order valence-corrected chi connectivity index (χ3v) is 3.57. The molecule has 0 aromatic heterocycles. The summed E-state index contributed by atoms with van der Waals surface area (Å²) in [7, 11) is 1.09. The van der Waals surface area contributed by atoms with Crippen molar-refractivity contribution in [2.45, 2.75) is 12.5 Å². The van der Waals surface area contributed by atoms with Crippen molar-refractivity contribution in [1.82, 2.24) is 0 Å². The lowest BCUT2D eigenvalue weighted by Crippen LogP contribution is -2.25. The molecule has 1 atom stereocenters. The zero-order valence-electron chi connectivity index (χ0n) is 13.1. The van der Waals surface area contributed by atoms with Gasteiger partial charge in [-0.25, -0.2) is 4.79 Å². The van der Waals surface area contributed by atoms with Gasteiger partial charge in [-0.1, -0.05) is 0 Å². The zero-order valence-corrected chi connectivity index (χ0v) is 13.1. The summed E-state index contributed by atoms with van der Waals surface area (Å²) in [6.07, 6.45) is -1.92. The molecule has 132 valence electrons. The van der Waals surface area contributed by atoms with E-state index in [1.165, 1.54) is 6.07 Å². The van der Waals surface area contributed by atoms with E-state index >= 15 is 0 Å². The van der Waals surface area contributed by atoms with E-state index in [1.807, 2.05) is 0 Å². The number of ether oxygens (including phenoxy) is 1. The first-order valence-electron chi connectivity index (χ1n) is 7.12. The molecule has 8 nitrogen and oxygen atoms in total. The van der Waals surface area contributed by atoms with Gasteiger partial charge in [-0.05, 0) is 35.9 Å². The lowest BCUT2D eigenvalue weighted by Gasteiger charge is -2.14. The third kappa shape index (κ3) is 3.81. The maximum absolute atomic E-state index is 12.6. The smallest absolute Gasteiger partial charge is 0.335 e. The predicted octanol–water partition coefficient (Wildman–Crippen LogP) is 0.816. The van der Waals surface area contributed by atoms with Crippen molar-refractivity contribution in [3.05, 3.63) is 47.0 Å². The van der Waals surface area contributed by atoms with Crippen LogP contribution < -0.4 is 0 Å². The number of phenolic OH excluding ortho intramolecular Hbond substituents is 4. The quantitative estimate of drug-likeness (QED) is 0.303. The Morgan fingerprint density at radius 3 is 2.16 bits per heavy atom. The van der Waals surface area contributed by atoms with Crippen LogP contribution in [-0.2, 0) is 16.0 Å². The first kappa shape index (κ1) is 18.1. The molecule has 0 aliphatic heterocycles. The molecule has 0 aliphatic rings. The largest absolute Gasteiger partial charge is 0.504 e. The molecule has 1 unspecified atom stereocenters. The number of carbonyl (C=O) groups excluding carboxylic acids is 2. The molecular weight excluding hydrogens is 332 g/mol. The van der Waals surface area contributed by atoms with E-state index in [2.05, 4.69) is 4.74 Å². The Morgan fingerprint density at radius 1 is 0.960 bits per heavy atom. The Morgan fingerprint density at radius 2 is 1.56 bits per heavy atom. The number of rotatable bonds is 5. The van der Waals surface area contributed by atoms with Crippen LogP contribution in [0.15, 0.2) is 30.3 Å². The van der Waals surface area contributed by atoms with Gasteiger partial charge < -0.3 is 30.3 Å². The minimum absolute atomic E-state index is 0.00537. The number of hydrogen-bond donors (Lipinski definition) is 5. The van der Waals surface area contributed by atoms with E-state index in [1.54, 1.807) is 0 Å². The lowest BCUT2D eigenvalue weighted by molar-refractivity contribution is -0.150. The molecule has 8 heteroatoms. The minimum Gasteiger partial charge on any atom is -0.504 e. The standard InChI is InChI=1S/C17H16O8/c1-25-17(24)15(22)6-9-5-13(20)14(21)7-10(9)16(23)8-2-3-11(18)12(19)4-8/h2-5,7,15,18-22H,6H2,1H3. The van der Waals surface area contributed by atoms with Gasteiger partial charge in [-0.2, -0.15) is 0 Å². The van der Waals surface area contributed by atoms with Crippen molar-refractivity contribution in [3.8, 4) is 23.0 Å². The second-order valence-electron chi connectivity index (χ2n) is 5.27. The van der Waals surface area contributed by atoms with E-state index in [4.69, 9.17) is 0 Å². The van der Waals surface area contributed by atoms with E-state index in [0.717, 1.165) is 31.4 Å². The average Bonchev–Trinajstić information content (AvgIpc) is 2.58. The number of hydrogen-bond acceptors (Lipinski definition) is 8. The van der Waals surface area contributed by atoms with Crippen molar-refractivity contribution in [1.29, 1.82) is 0 Å². The van der Waals surface area contributed by atoms with Crippen molar-refractivity contribution < 1.29 is 39.9 Å². The van der Waals surface area contributed by atoms with Gasteiger partial charge in [-0.15, -0.1) is 0 Å². The van der Waals surface area contributed by atoms with Gasteiger partial charge in [0.1, 0.15) is 0 Å². The fraction of sp³-hybridized carbons (Fsp3) is 0.176. The van der Waals surface area contributed by atoms with Crippen molar-refractivity contribution in [2.24, 2.45) is 0 Å². The number of esters is 1. The molecule has 2 aromatic carbocycles. The van der Waals surface area contributed by atoms with Crippen LogP contribution in [0.25, 0.3) is 0 Å². The second kappa shape index (κ2) is 7.10. The van der Waals surface area contributed by atoms with Crippen LogP contribution in [0.1, 0.15) is 21.5 Å². The van der Waals surface area contributed by atoms with E-state index in [-0.39, 0.29) is 23.1 Å². The molecule has 25 heavy (non-hydrogen) atoms. The van der Waals surface area contributed by atoms with Crippen molar-refractivity contribution in [3.63, 3.8) is 0 Å². The van der Waals surface area contributed by atoms with Crippen molar-refractivity contribution in [2.75, 3.05) is 7.11 Å². The lowest BCUT2D eigenvalue weighted by atomic mass is 9.94. The van der Waals surface area contributed by atoms with Gasteiger partial charge >= 0.3 is 5.97 Å². The topological polar surface area (TPSA) is 145 Å². The average molecular weight is 348 g/mol. The van der Waals surface area contributed by atoms with Gasteiger partial charge in [0.15, 0.2) is 34.9 Å². The number of aliphatic hydroxyl groups is 1. The molecule has 5 N–H and O–H groups in total. The van der Waals surface area contributed by atoms with Crippen LogP contribution in [0.4, 0.5) is 0 Å². The summed E-state index contributed by atoms with van der Waals surface area (Å²) in [5.74, 6) is -3.60. The maximum Gasteiger partial charge on any atom is 0.335 e. The molecule has 0 saturated carbocycles. The summed E-state index contributed by atoms with van der Waals surface area (Å²) in [6, 6.07) is 5.44. The van der Waals surface area contributed by atoms with Crippen LogP contribution in [0.5, 0.6) is 23.0 Å². The van der Waals surface area contributed by atoms with Crippen molar-refractivity contribution >= 4 is 11.8 Å². The molecule has 2 aromatic rings. The molecular formula is C17H16O8. The fourth-order valence-corrected chi connectivity index (χ4v) is 2.25. The monoisotopic (exact) mass is 348 g/mol. The fourth-order valence-electron chi connectivity index (χ4n) is 2.25. The minimum atomic E-state index is -1.58. The molecule has 0 bridgehead atoms. The highest BCUT2D eigenvalue weighted by Gasteiger charge is 2.23. The molecule has 0 radical (unpaired) electrons. The Bertz CT molecular complexity index is 828. The normalized spacial score (nSPS) is 11.8. The first-order chi connectivity index (χ1) is 11.7.